The van der Waals surface area contributed by atoms with Crippen LogP contribution in [0.15, 0.2) is 0 Å². The summed E-state index contributed by atoms with van der Waals surface area (Å²) in [5.74, 6) is -0.176. The molecule has 1 fully saturated rings. The number of hydrogen-bond donors (Lipinski definition) is 1. The van der Waals surface area contributed by atoms with E-state index in [0.717, 1.165) is 12.8 Å². The number of carbonyl (C=O) groups excluding carboxylic acids is 1. The van der Waals surface area contributed by atoms with Crippen LogP contribution in [-0.2, 0) is 14.8 Å². The molecule has 1 aliphatic rings. The van der Waals surface area contributed by atoms with Crippen molar-refractivity contribution >= 4 is 15.9 Å². The average molecular weight is 248 g/mol. The zero-order chi connectivity index (χ0) is 12.3. The summed E-state index contributed by atoms with van der Waals surface area (Å²) in [6.45, 7) is 4.59. The lowest BCUT2D eigenvalue weighted by molar-refractivity contribution is -0.129. The molecule has 6 heteroatoms. The number of hydrogen-bond acceptors (Lipinski definition) is 3. The zero-order valence-corrected chi connectivity index (χ0v) is 10.7. The highest BCUT2D eigenvalue weighted by Crippen LogP contribution is 2.22. The summed E-state index contributed by atoms with van der Waals surface area (Å²) >= 11 is 0. The van der Waals surface area contributed by atoms with Crippen LogP contribution in [0.3, 0.4) is 0 Å². The quantitative estimate of drug-likeness (QED) is 0.760. The largest absolute Gasteiger partial charge is 0.340 e. The Morgan fingerprint density at radius 2 is 2.19 bits per heavy atom. The van der Waals surface area contributed by atoms with Crippen molar-refractivity contribution < 1.29 is 13.2 Å². The van der Waals surface area contributed by atoms with Crippen LogP contribution >= 0.6 is 0 Å². The normalized spacial score (nSPS) is 23.8. The van der Waals surface area contributed by atoms with E-state index in [1.165, 1.54) is 0 Å². The smallest absolute Gasteiger partial charge is 0.223 e. The Morgan fingerprint density at radius 3 is 2.69 bits per heavy atom. The van der Waals surface area contributed by atoms with Gasteiger partial charge in [0.2, 0.25) is 15.9 Å². The lowest BCUT2D eigenvalue weighted by Gasteiger charge is -2.24. The molecule has 16 heavy (non-hydrogen) atoms. The number of primary sulfonamides is 1. The van der Waals surface area contributed by atoms with Gasteiger partial charge in [0.15, 0.2) is 0 Å². The van der Waals surface area contributed by atoms with Gasteiger partial charge in [-0.3, -0.25) is 4.79 Å². The summed E-state index contributed by atoms with van der Waals surface area (Å²) in [5, 5.41) is 4.98. The lowest BCUT2D eigenvalue weighted by Crippen LogP contribution is -2.35. The monoisotopic (exact) mass is 248 g/mol. The Labute approximate surface area is 97.0 Å². The van der Waals surface area contributed by atoms with Crippen LogP contribution in [0.25, 0.3) is 0 Å². The Kier molecular flexibility index (Phi) is 4.32. The van der Waals surface area contributed by atoms with E-state index in [2.05, 4.69) is 6.92 Å². The molecule has 0 aromatic rings. The first-order valence-electron chi connectivity index (χ1n) is 5.63. The molecule has 1 amide bonds. The summed E-state index contributed by atoms with van der Waals surface area (Å²) in [4.78, 5) is 13.5. The third-order valence-electron chi connectivity index (χ3n) is 2.95. The molecule has 0 aromatic carbocycles. The second-order valence-electron chi connectivity index (χ2n) is 4.58. The van der Waals surface area contributed by atoms with Crippen LogP contribution < -0.4 is 5.14 Å². The topological polar surface area (TPSA) is 80.5 Å². The molecule has 2 N–H and O–H groups in total. The molecule has 0 radical (unpaired) electrons. The first kappa shape index (κ1) is 13.4. The van der Waals surface area contributed by atoms with Gasteiger partial charge in [0.1, 0.15) is 0 Å². The van der Waals surface area contributed by atoms with Crippen LogP contribution in [-0.4, -0.2) is 37.6 Å². The van der Waals surface area contributed by atoms with E-state index in [1.807, 2.05) is 6.92 Å². The average Bonchev–Trinajstić information content (AvgIpc) is 2.44. The van der Waals surface area contributed by atoms with Gasteiger partial charge in [0.25, 0.3) is 0 Å². The van der Waals surface area contributed by atoms with Gasteiger partial charge < -0.3 is 4.90 Å². The fourth-order valence-electron chi connectivity index (χ4n) is 2.25. The predicted molar refractivity (Wildman–Crippen MR) is 62.2 cm³/mol. The Balaban J connectivity index is 2.57. The van der Waals surface area contributed by atoms with Crippen molar-refractivity contribution in [1.82, 2.24) is 4.90 Å². The van der Waals surface area contributed by atoms with Crippen LogP contribution in [0.1, 0.15) is 33.1 Å². The highest BCUT2D eigenvalue weighted by atomic mass is 32.2. The summed E-state index contributed by atoms with van der Waals surface area (Å²) in [6, 6.07) is 0.197. The highest BCUT2D eigenvalue weighted by Gasteiger charge is 2.33. The van der Waals surface area contributed by atoms with Gasteiger partial charge in [-0.1, -0.05) is 13.3 Å². The first-order valence-corrected chi connectivity index (χ1v) is 7.35. The molecule has 1 aliphatic heterocycles. The second-order valence-corrected chi connectivity index (χ2v) is 6.24. The van der Waals surface area contributed by atoms with Gasteiger partial charge in [0, 0.05) is 24.9 Å². The third kappa shape index (κ3) is 3.75. The van der Waals surface area contributed by atoms with E-state index in [4.69, 9.17) is 5.14 Å². The molecule has 2 unspecified atom stereocenters. The molecule has 2 atom stereocenters. The third-order valence-corrected chi connectivity index (χ3v) is 3.88. The van der Waals surface area contributed by atoms with Gasteiger partial charge in [-0.05, 0) is 13.3 Å². The minimum atomic E-state index is -3.47. The number of carbonyl (C=O) groups is 1. The summed E-state index contributed by atoms with van der Waals surface area (Å²) in [7, 11) is -3.47. The summed E-state index contributed by atoms with van der Waals surface area (Å²) < 4.78 is 21.9. The molecule has 0 bridgehead atoms. The lowest BCUT2D eigenvalue weighted by atomic mass is 10.1. The van der Waals surface area contributed by atoms with E-state index in [0.29, 0.717) is 13.0 Å². The molecule has 0 saturated carbocycles. The molecule has 1 rings (SSSR count). The molecule has 94 valence electrons. The van der Waals surface area contributed by atoms with E-state index in [1.54, 1.807) is 4.90 Å². The van der Waals surface area contributed by atoms with Gasteiger partial charge in [-0.15, -0.1) is 0 Å². The maximum Gasteiger partial charge on any atom is 0.223 e. The minimum absolute atomic E-state index is 0.0506. The summed E-state index contributed by atoms with van der Waals surface area (Å²) in [6.07, 6.45) is 2.28. The Hall–Kier alpha value is -0.620. The molecular weight excluding hydrogens is 228 g/mol. The second kappa shape index (κ2) is 5.14. The van der Waals surface area contributed by atoms with Gasteiger partial charge in [-0.2, -0.15) is 0 Å². The van der Waals surface area contributed by atoms with E-state index < -0.39 is 10.0 Å². The van der Waals surface area contributed by atoms with Crippen molar-refractivity contribution in [2.24, 2.45) is 11.1 Å². The fraction of sp³-hybridized carbons (Fsp3) is 0.900. The van der Waals surface area contributed by atoms with Gasteiger partial charge in [-0.25, -0.2) is 13.6 Å². The standard InChI is InChI=1S/C10H20N2O3S/c1-3-4-8(2)12-6-9(5-10(12)13)7-16(11,14)15/h8-9H,3-7H2,1-2H3,(H2,11,14,15). The molecule has 0 aliphatic carbocycles. The number of nitrogens with zero attached hydrogens (tertiary/aromatic N) is 1. The van der Waals surface area contributed by atoms with E-state index in [-0.39, 0.29) is 23.6 Å². The van der Waals surface area contributed by atoms with Crippen molar-refractivity contribution in [3.63, 3.8) is 0 Å². The maximum atomic E-state index is 11.7. The number of nitrogens with two attached hydrogens (primary N) is 1. The predicted octanol–water partition coefficient (Wildman–Crippen LogP) is 0.312. The zero-order valence-electron chi connectivity index (χ0n) is 9.85. The Morgan fingerprint density at radius 1 is 1.56 bits per heavy atom. The first-order chi connectivity index (χ1) is 7.33. The highest BCUT2D eigenvalue weighted by molar-refractivity contribution is 7.89. The van der Waals surface area contributed by atoms with Crippen molar-refractivity contribution in [1.29, 1.82) is 0 Å². The van der Waals surface area contributed by atoms with E-state index in [9.17, 15) is 13.2 Å². The van der Waals surface area contributed by atoms with Crippen molar-refractivity contribution in [3.05, 3.63) is 0 Å². The SMILES string of the molecule is CCCC(C)N1CC(CS(N)(=O)=O)CC1=O. The Bertz CT molecular complexity index is 353. The molecule has 5 nitrogen and oxygen atoms in total. The van der Waals surface area contributed by atoms with Crippen LogP contribution in [0.4, 0.5) is 0 Å². The molecule has 0 aromatic heterocycles. The minimum Gasteiger partial charge on any atom is -0.340 e. The molecule has 1 heterocycles. The fourth-order valence-corrected chi connectivity index (χ4v) is 3.13. The van der Waals surface area contributed by atoms with Crippen molar-refractivity contribution in [3.8, 4) is 0 Å². The summed E-state index contributed by atoms with van der Waals surface area (Å²) in [5.41, 5.74) is 0. The number of amides is 1. The number of likely N-dealkylation sites (tertiary alicyclic amines) is 1. The van der Waals surface area contributed by atoms with Gasteiger partial charge in [0.05, 0.1) is 5.75 Å². The van der Waals surface area contributed by atoms with Crippen molar-refractivity contribution in [2.45, 2.75) is 39.2 Å². The number of rotatable bonds is 5. The molecule has 1 saturated heterocycles. The molecule has 0 spiro atoms. The van der Waals surface area contributed by atoms with Crippen LogP contribution in [0.5, 0.6) is 0 Å². The van der Waals surface area contributed by atoms with E-state index >= 15 is 0 Å². The van der Waals surface area contributed by atoms with Crippen LogP contribution in [0, 0.1) is 5.92 Å². The number of sulfonamides is 1. The van der Waals surface area contributed by atoms with Gasteiger partial charge >= 0.3 is 0 Å². The van der Waals surface area contributed by atoms with Crippen LogP contribution in [0.2, 0.25) is 0 Å². The molecular formula is C10H20N2O3S. The van der Waals surface area contributed by atoms with Crippen molar-refractivity contribution in [2.75, 3.05) is 12.3 Å². The maximum absolute atomic E-state index is 11.7.